The fourth-order valence-electron chi connectivity index (χ4n) is 3.61. The molecule has 2 heterocycles. The Kier molecular flexibility index (Phi) is 4.49. The van der Waals surface area contributed by atoms with Crippen molar-refractivity contribution in [1.29, 1.82) is 0 Å². The molecule has 0 saturated carbocycles. The second-order valence-electron chi connectivity index (χ2n) is 7.30. The van der Waals surface area contributed by atoms with E-state index in [0.29, 0.717) is 19.6 Å². The number of rotatable bonds is 3. The van der Waals surface area contributed by atoms with Gasteiger partial charge in [0, 0.05) is 32.4 Å². The molecule has 1 aromatic carbocycles. The molecular formula is C18H26N4O3. The molecule has 2 aliphatic heterocycles. The molecule has 0 spiro atoms. The van der Waals surface area contributed by atoms with Crippen molar-refractivity contribution in [3.63, 3.8) is 0 Å². The Labute approximate surface area is 148 Å². The Morgan fingerprint density at radius 2 is 1.92 bits per heavy atom. The predicted molar refractivity (Wildman–Crippen MR) is 95.9 cm³/mol. The van der Waals surface area contributed by atoms with Crippen LogP contribution in [0, 0.1) is 0 Å². The molecule has 1 atom stereocenters. The SMILES string of the molecule is COc1ccc(N2CCN(C(=O)[C@H]3CN(C)C(=O)N3)CC2(C)C)cc1. The summed E-state index contributed by atoms with van der Waals surface area (Å²) in [5.41, 5.74) is 0.920. The summed E-state index contributed by atoms with van der Waals surface area (Å²) in [4.78, 5) is 30.1. The summed E-state index contributed by atoms with van der Waals surface area (Å²) in [6.45, 7) is 6.71. The number of urea groups is 1. The molecule has 0 aromatic heterocycles. The highest BCUT2D eigenvalue weighted by Crippen LogP contribution is 2.29. The first-order chi connectivity index (χ1) is 11.8. The van der Waals surface area contributed by atoms with Crippen molar-refractivity contribution in [3.05, 3.63) is 24.3 Å². The van der Waals surface area contributed by atoms with E-state index in [-0.39, 0.29) is 17.5 Å². The maximum atomic E-state index is 12.8. The number of likely N-dealkylation sites (N-methyl/N-ethyl adjacent to an activating group) is 1. The Morgan fingerprint density at radius 1 is 1.24 bits per heavy atom. The first kappa shape index (κ1) is 17.4. The number of amides is 3. The number of carbonyl (C=O) groups is 2. The Hall–Kier alpha value is -2.44. The number of benzene rings is 1. The summed E-state index contributed by atoms with van der Waals surface area (Å²) in [6, 6.07) is 7.36. The van der Waals surface area contributed by atoms with E-state index >= 15 is 0 Å². The summed E-state index contributed by atoms with van der Waals surface area (Å²) in [5.74, 6) is 0.830. The van der Waals surface area contributed by atoms with Gasteiger partial charge in [-0.3, -0.25) is 4.79 Å². The minimum absolute atomic E-state index is 0.000144. The molecule has 0 unspecified atom stereocenters. The third kappa shape index (κ3) is 3.36. The highest BCUT2D eigenvalue weighted by atomic mass is 16.5. The molecule has 0 aliphatic carbocycles. The predicted octanol–water partition coefficient (Wildman–Crippen LogP) is 1.15. The minimum atomic E-state index is -0.444. The smallest absolute Gasteiger partial charge is 0.317 e. The molecule has 0 radical (unpaired) electrons. The molecule has 3 rings (SSSR count). The van der Waals surface area contributed by atoms with Gasteiger partial charge in [-0.05, 0) is 38.1 Å². The van der Waals surface area contributed by atoms with Gasteiger partial charge in [0.05, 0.1) is 19.2 Å². The number of anilines is 1. The van der Waals surface area contributed by atoms with Crippen molar-refractivity contribution in [2.45, 2.75) is 25.4 Å². The van der Waals surface area contributed by atoms with Gasteiger partial charge in [-0.25, -0.2) is 4.79 Å². The third-order valence-electron chi connectivity index (χ3n) is 5.00. The van der Waals surface area contributed by atoms with E-state index in [1.807, 2.05) is 29.2 Å². The van der Waals surface area contributed by atoms with Crippen molar-refractivity contribution < 1.29 is 14.3 Å². The zero-order chi connectivity index (χ0) is 18.2. The molecule has 136 valence electrons. The zero-order valence-electron chi connectivity index (χ0n) is 15.3. The number of ether oxygens (including phenoxy) is 1. The van der Waals surface area contributed by atoms with Crippen LogP contribution in [0.5, 0.6) is 5.75 Å². The van der Waals surface area contributed by atoms with Gasteiger partial charge in [0.2, 0.25) is 5.91 Å². The van der Waals surface area contributed by atoms with Crippen LogP contribution in [0.4, 0.5) is 10.5 Å². The van der Waals surface area contributed by atoms with E-state index in [1.165, 1.54) is 0 Å². The number of methoxy groups -OCH3 is 1. The van der Waals surface area contributed by atoms with E-state index < -0.39 is 6.04 Å². The van der Waals surface area contributed by atoms with Crippen LogP contribution in [0.2, 0.25) is 0 Å². The molecule has 1 aromatic rings. The summed E-state index contributed by atoms with van der Waals surface area (Å²) < 4.78 is 5.22. The molecule has 3 amide bonds. The molecule has 7 heteroatoms. The van der Waals surface area contributed by atoms with Crippen LogP contribution in [0.1, 0.15) is 13.8 Å². The van der Waals surface area contributed by atoms with E-state index in [9.17, 15) is 9.59 Å². The number of piperazine rings is 1. The van der Waals surface area contributed by atoms with Crippen molar-refractivity contribution in [1.82, 2.24) is 15.1 Å². The number of nitrogens with zero attached hydrogens (tertiary/aromatic N) is 3. The van der Waals surface area contributed by atoms with Crippen LogP contribution in [0.25, 0.3) is 0 Å². The minimum Gasteiger partial charge on any atom is -0.497 e. The van der Waals surface area contributed by atoms with Crippen molar-refractivity contribution in [3.8, 4) is 5.75 Å². The van der Waals surface area contributed by atoms with Gasteiger partial charge >= 0.3 is 6.03 Å². The molecule has 7 nitrogen and oxygen atoms in total. The lowest BCUT2D eigenvalue weighted by molar-refractivity contribution is -0.134. The lowest BCUT2D eigenvalue weighted by Crippen LogP contribution is -2.62. The molecular weight excluding hydrogens is 320 g/mol. The zero-order valence-corrected chi connectivity index (χ0v) is 15.3. The molecule has 2 fully saturated rings. The number of nitrogens with one attached hydrogen (secondary N) is 1. The Bertz CT molecular complexity index is 659. The van der Waals surface area contributed by atoms with E-state index in [1.54, 1.807) is 19.1 Å². The van der Waals surface area contributed by atoms with Crippen LogP contribution in [0.15, 0.2) is 24.3 Å². The second kappa shape index (κ2) is 6.46. The van der Waals surface area contributed by atoms with E-state index in [4.69, 9.17) is 4.74 Å². The largest absolute Gasteiger partial charge is 0.497 e. The summed E-state index contributed by atoms with van der Waals surface area (Å²) >= 11 is 0. The lowest BCUT2D eigenvalue weighted by atomic mass is 9.97. The molecule has 2 aliphatic rings. The number of carbonyl (C=O) groups excluding carboxylic acids is 2. The average Bonchev–Trinajstić information content (AvgIpc) is 2.92. The quantitative estimate of drug-likeness (QED) is 0.892. The van der Waals surface area contributed by atoms with Gasteiger partial charge in [-0.1, -0.05) is 0 Å². The van der Waals surface area contributed by atoms with E-state index in [2.05, 4.69) is 24.1 Å². The van der Waals surface area contributed by atoms with Gasteiger partial charge in [0.1, 0.15) is 11.8 Å². The number of hydrogen-bond acceptors (Lipinski definition) is 4. The van der Waals surface area contributed by atoms with Crippen LogP contribution in [-0.2, 0) is 4.79 Å². The standard InChI is InChI=1S/C18H26N4O3/c1-18(2)12-21(16(23)15-11-20(3)17(24)19-15)9-10-22(18)13-5-7-14(25-4)8-6-13/h5-8,15H,9-12H2,1-4H3,(H,19,24)/t15-/m1/s1. The Morgan fingerprint density at radius 3 is 2.44 bits per heavy atom. The first-order valence-corrected chi connectivity index (χ1v) is 8.54. The fraction of sp³-hybridized carbons (Fsp3) is 0.556. The monoisotopic (exact) mass is 346 g/mol. The summed E-state index contributed by atoms with van der Waals surface area (Å²) in [7, 11) is 3.36. The summed E-state index contributed by atoms with van der Waals surface area (Å²) in [6.07, 6.45) is 0. The molecule has 1 N–H and O–H groups in total. The normalized spacial score (nSPS) is 22.8. The highest BCUT2D eigenvalue weighted by Gasteiger charge is 2.40. The number of hydrogen-bond donors (Lipinski definition) is 1. The fourth-order valence-corrected chi connectivity index (χ4v) is 3.61. The average molecular weight is 346 g/mol. The first-order valence-electron chi connectivity index (χ1n) is 8.54. The van der Waals surface area contributed by atoms with Gasteiger partial charge in [-0.2, -0.15) is 0 Å². The van der Waals surface area contributed by atoms with Gasteiger partial charge < -0.3 is 24.8 Å². The lowest BCUT2D eigenvalue weighted by Gasteiger charge is -2.48. The van der Waals surface area contributed by atoms with Crippen LogP contribution in [0.3, 0.4) is 0 Å². The van der Waals surface area contributed by atoms with Gasteiger partial charge in [0.15, 0.2) is 0 Å². The van der Waals surface area contributed by atoms with Gasteiger partial charge in [-0.15, -0.1) is 0 Å². The van der Waals surface area contributed by atoms with Crippen LogP contribution >= 0.6 is 0 Å². The van der Waals surface area contributed by atoms with Crippen molar-refractivity contribution >= 4 is 17.6 Å². The Balaban J connectivity index is 1.69. The maximum Gasteiger partial charge on any atom is 0.317 e. The second-order valence-corrected chi connectivity index (χ2v) is 7.30. The van der Waals surface area contributed by atoms with Crippen LogP contribution in [-0.4, -0.2) is 73.7 Å². The topological polar surface area (TPSA) is 65.1 Å². The molecule has 2 saturated heterocycles. The molecule has 25 heavy (non-hydrogen) atoms. The molecule has 0 bridgehead atoms. The van der Waals surface area contributed by atoms with Crippen molar-refractivity contribution in [2.24, 2.45) is 0 Å². The van der Waals surface area contributed by atoms with Crippen LogP contribution < -0.4 is 15.0 Å². The van der Waals surface area contributed by atoms with Gasteiger partial charge in [0.25, 0.3) is 0 Å². The highest BCUT2D eigenvalue weighted by molar-refractivity contribution is 5.90. The third-order valence-corrected chi connectivity index (χ3v) is 5.00. The van der Waals surface area contributed by atoms with Crippen molar-refractivity contribution in [2.75, 3.05) is 45.2 Å². The van der Waals surface area contributed by atoms with E-state index in [0.717, 1.165) is 18.0 Å². The maximum absolute atomic E-state index is 12.8. The summed E-state index contributed by atoms with van der Waals surface area (Å²) in [5, 5.41) is 2.75.